The molecule has 0 N–H and O–H groups in total. The van der Waals surface area contributed by atoms with Crippen LogP contribution >= 0.6 is 0 Å². The fraction of sp³-hybridized carbons (Fsp3) is 0.167. The quantitative estimate of drug-likeness (QED) is 0.349. The van der Waals surface area contributed by atoms with Crippen LogP contribution in [0, 0.1) is 6.92 Å². The van der Waals surface area contributed by atoms with Gasteiger partial charge in [-0.1, -0.05) is 85.0 Å². The van der Waals surface area contributed by atoms with Crippen LogP contribution in [0.5, 0.6) is 0 Å². The van der Waals surface area contributed by atoms with E-state index in [4.69, 9.17) is 4.42 Å². The molecule has 0 aliphatic carbocycles. The van der Waals surface area contributed by atoms with Crippen molar-refractivity contribution in [3.63, 3.8) is 0 Å². The Morgan fingerprint density at radius 2 is 1.72 bits per heavy atom. The largest absolute Gasteiger partial charge is 0.456 e. The molecule has 1 aromatic heterocycles. The molecule has 0 aliphatic heterocycles. The molecule has 0 saturated heterocycles. The molecule has 32 heavy (non-hydrogen) atoms. The van der Waals surface area contributed by atoms with Gasteiger partial charge in [0.25, 0.3) is 0 Å². The van der Waals surface area contributed by atoms with Crippen molar-refractivity contribution in [1.29, 1.82) is 0 Å². The maximum Gasteiger partial charge on any atom is 0.201 e. The van der Waals surface area contributed by atoms with Crippen LogP contribution in [0.2, 0.25) is 0 Å². The molecule has 0 atom stereocenters. The van der Waals surface area contributed by atoms with Gasteiger partial charge in [0, 0.05) is 0 Å². The van der Waals surface area contributed by atoms with Crippen molar-refractivity contribution >= 4 is 28.7 Å². The number of aryl methyl sites for hydroxylation is 1. The summed E-state index contributed by atoms with van der Waals surface area (Å²) in [5, 5.41) is 1.04. The summed E-state index contributed by atoms with van der Waals surface area (Å²) in [5.74, 6) is 0. The molecule has 0 fully saturated rings. The molecule has 2 heteroatoms. The Labute approximate surface area is 189 Å². The zero-order valence-electron chi connectivity index (χ0n) is 19.4. The summed E-state index contributed by atoms with van der Waals surface area (Å²) in [6.07, 6.45) is 10.8. The lowest BCUT2D eigenvalue weighted by atomic mass is 9.99. The summed E-state index contributed by atoms with van der Waals surface area (Å²) in [6, 6.07) is 13.8. The highest BCUT2D eigenvalue weighted by molar-refractivity contribution is 5.85. The molecule has 1 heterocycles. The van der Waals surface area contributed by atoms with E-state index in [1.807, 2.05) is 74.5 Å². The van der Waals surface area contributed by atoms with Crippen LogP contribution in [-0.4, -0.2) is 0 Å². The minimum Gasteiger partial charge on any atom is -0.456 e. The Balaban J connectivity index is 2.25. The van der Waals surface area contributed by atoms with Crippen molar-refractivity contribution in [2.45, 2.75) is 34.1 Å². The minimum atomic E-state index is -0.0786. The van der Waals surface area contributed by atoms with Crippen molar-refractivity contribution in [2.24, 2.45) is 0 Å². The molecular weight excluding hydrogens is 392 g/mol. The van der Waals surface area contributed by atoms with E-state index in [-0.39, 0.29) is 5.43 Å². The maximum absolute atomic E-state index is 13.5. The van der Waals surface area contributed by atoms with Crippen LogP contribution in [0.15, 0.2) is 94.2 Å². The SMILES string of the molecule is C=C/C(=C\CC=C(C)C)c1ccc2c(=O)/c(=C(/C=C\C)c3ccc(C)cc3)c(=C)oc2c1. The van der Waals surface area contributed by atoms with Crippen LogP contribution in [0.25, 0.3) is 28.7 Å². The van der Waals surface area contributed by atoms with Gasteiger partial charge < -0.3 is 4.42 Å². The first-order valence-electron chi connectivity index (χ1n) is 10.8. The second kappa shape index (κ2) is 10.1. The Hall–Kier alpha value is -3.65. The van der Waals surface area contributed by atoms with Crippen LogP contribution in [0.3, 0.4) is 0 Å². The summed E-state index contributed by atoms with van der Waals surface area (Å²) < 4.78 is 6.08. The van der Waals surface area contributed by atoms with Gasteiger partial charge in [0.15, 0.2) is 0 Å². The van der Waals surface area contributed by atoms with Crippen LogP contribution in [0.4, 0.5) is 0 Å². The summed E-state index contributed by atoms with van der Waals surface area (Å²) >= 11 is 0. The molecule has 0 amide bonds. The summed E-state index contributed by atoms with van der Waals surface area (Å²) in [6.45, 7) is 16.2. The topological polar surface area (TPSA) is 30.2 Å². The van der Waals surface area contributed by atoms with E-state index in [9.17, 15) is 4.79 Å². The molecule has 0 saturated carbocycles. The smallest absolute Gasteiger partial charge is 0.201 e. The lowest BCUT2D eigenvalue weighted by molar-refractivity contribution is 0.560. The molecule has 3 aromatic rings. The van der Waals surface area contributed by atoms with Gasteiger partial charge in [0.2, 0.25) is 5.43 Å². The van der Waals surface area contributed by atoms with Gasteiger partial charge in [-0.2, -0.15) is 0 Å². The van der Waals surface area contributed by atoms with Gasteiger partial charge in [-0.25, -0.2) is 0 Å². The van der Waals surface area contributed by atoms with Gasteiger partial charge >= 0.3 is 0 Å². The second-order valence-corrected chi connectivity index (χ2v) is 8.10. The number of fused-ring (bicyclic) bond motifs is 1. The van der Waals surface area contributed by atoms with Crippen LogP contribution in [0.1, 0.15) is 43.9 Å². The molecule has 2 aromatic carbocycles. The summed E-state index contributed by atoms with van der Waals surface area (Å²) in [5.41, 5.74) is 6.97. The highest BCUT2D eigenvalue weighted by Crippen LogP contribution is 2.21. The van der Waals surface area contributed by atoms with E-state index in [1.54, 1.807) is 0 Å². The lowest BCUT2D eigenvalue weighted by Crippen LogP contribution is -2.40. The van der Waals surface area contributed by atoms with E-state index >= 15 is 0 Å². The standard InChI is InChI=1S/C30H30O2/c1-7-10-26(24-15-13-21(5)14-16-24)29-22(6)32-28-19-25(17-18-27(28)30(29)31)23(8-2)12-9-11-20(3)4/h7-8,10-19H,2,6,9H2,1,3-5H3/b10-7-,23-12+,29-26-. The first-order chi connectivity index (χ1) is 15.3. The fourth-order valence-electron chi connectivity index (χ4n) is 3.66. The van der Waals surface area contributed by atoms with E-state index in [0.717, 1.165) is 34.3 Å². The minimum absolute atomic E-state index is 0.0786. The highest BCUT2D eigenvalue weighted by atomic mass is 16.3. The van der Waals surface area contributed by atoms with Crippen LogP contribution in [-0.2, 0) is 0 Å². The average molecular weight is 423 g/mol. The van der Waals surface area contributed by atoms with Crippen molar-refractivity contribution in [2.75, 3.05) is 0 Å². The van der Waals surface area contributed by atoms with E-state index in [0.29, 0.717) is 21.6 Å². The normalized spacial score (nSPS) is 12.8. The van der Waals surface area contributed by atoms with E-state index < -0.39 is 0 Å². The molecule has 0 spiro atoms. The van der Waals surface area contributed by atoms with E-state index in [2.05, 4.69) is 39.2 Å². The van der Waals surface area contributed by atoms with Crippen molar-refractivity contribution in [3.8, 4) is 0 Å². The third kappa shape index (κ3) is 4.97. The second-order valence-electron chi connectivity index (χ2n) is 8.10. The van der Waals surface area contributed by atoms with Crippen LogP contribution < -0.4 is 16.1 Å². The van der Waals surface area contributed by atoms with E-state index in [1.165, 1.54) is 5.57 Å². The fourth-order valence-corrected chi connectivity index (χ4v) is 3.66. The third-order valence-corrected chi connectivity index (χ3v) is 5.35. The van der Waals surface area contributed by atoms with Gasteiger partial charge in [0.1, 0.15) is 11.0 Å². The monoisotopic (exact) mass is 422 g/mol. The van der Waals surface area contributed by atoms with Gasteiger partial charge in [-0.15, -0.1) is 0 Å². The predicted octanol–water partition coefficient (Wildman–Crippen LogP) is 6.21. The molecule has 0 bridgehead atoms. The molecular formula is C30H30O2. The number of hydrogen-bond acceptors (Lipinski definition) is 2. The maximum atomic E-state index is 13.5. The van der Waals surface area contributed by atoms with Crippen molar-refractivity contribution in [1.82, 2.24) is 0 Å². The van der Waals surface area contributed by atoms with Gasteiger partial charge in [0.05, 0.1) is 10.6 Å². The Kier molecular flexibility index (Phi) is 7.27. The summed E-state index contributed by atoms with van der Waals surface area (Å²) in [4.78, 5) is 13.5. The zero-order valence-corrected chi connectivity index (χ0v) is 19.4. The Morgan fingerprint density at radius 1 is 1.03 bits per heavy atom. The molecule has 162 valence electrons. The molecule has 0 unspecified atom stereocenters. The zero-order chi connectivity index (χ0) is 23.3. The van der Waals surface area contributed by atoms with Gasteiger partial charge in [-0.3, -0.25) is 4.79 Å². The number of allylic oxidation sites excluding steroid dienone is 7. The number of rotatable bonds is 6. The molecule has 0 aliphatic rings. The number of hydrogen-bond donors (Lipinski definition) is 0. The third-order valence-electron chi connectivity index (χ3n) is 5.35. The summed E-state index contributed by atoms with van der Waals surface area (Å²) in [7, 11) is 0. The first-order valence-corrected chi connectivity index (χ1v) is 10.8. The Morgan fingerprint density at radius 3 is 2.34 bits per heavy atom. The average Bonchev–Trinajstić information content (AvgIpc) is 2.76. The van der Waals surface area contributed by atoms with Crippen molar-refractivity contribution in [3.05, 3.63) is 123 Å². The molecule has 2 nitrogen and oxygen atoms in total. The number of benzene rings is 2. The molecule has 0 radical (unpaired) electrons. The van der Waals surface area contributed by atoms with Gasteiger partial charge in [-0.05, 0) is 68.5 Å². The Bertz CT molecular complexity index is 1400. The highest BCUT2D eigenvalue weighted by Gasteiger charge is 2.10. The predicted molar refractivity (Wildman–Crippen MR) is 138 cm³/mol. The molecule has 3 rings (SSSR count). The lowest BCUT2D eigenvalue weighted by Gasteiger charge is -2.07. The van der Waals surface area contributed by atoms with Crippen molar-refractivity contribution < 1.29 is 4.42 Å². The first kappa shape index (κ1) is 23.0.